The van der Waals surface area contributed by atoms with Gasteiger partial charge in [0.2, 0.25) is 0 Å². The van der Waals surface area contributed by atoms with Crippen molar-refractivity contribution >= 4 is 43.2 Å². The van der Waals surface area contributed by atoms with E-state index in [4.69, 9.17) is 5.73 Å². The zero-order valence-electron chi connectivity index (χ0n) is 8.96. The third-order valence-corrected chi connectivity index (χ3v) is 7.49. The van der Waals surface area contributed by atoms with Gasteiger partial charge in [-0.3, -0.25) is 0 Å². The first-order valence-electron chi connectivity index (χ1n) is 5.89. The van der Waals surface area contributed by atoms with Crippen LogP contribution in [-0.4, -0.2) is 0 Å². The van der Waals surface area contributed by atoms with Crippen LogP contribution in [0.15, 0.2) is 14.3 Å². The van der Waals surface area contributed by atoms with Gasteiger partial charge in [0, 0.05) is 15.4 Å². The molecule has 1 aromatic rings. The maximum atomic E-state index is 6.41. The van der Waals surface area contributed by atoms with Crippen LogP contribution in [0.2, 0.25) is 0 Å². The molecule has 2 fully saturated rings. The Morgan fingerprint density at radius 1 is 1.25 bits per heavy atom. The van der Waals surface area contributed by atoms with Crippen molar-refractivity contribution in [2.75, 3.05) is 0 Å². The molecule has 0 bridgehead atoms. The van der Waals surface area contributed by atoms with Crippen LogP contribution in [0.25, 0.3) is 0 Å². The van der Waals surface area contributed by atoms with Crippen molar-refractivity contribution < 1.29 is 0 Å². The van der Waals surface area contributed by atoms with Crippen molar-refractivity contribution in [3.05, 3.63) is 19.2 Å². The van der Waals surface area contributed by atoms with Crippen LogP contribution in [0.5, 0.6) is 0 Å². The Balaban J connectivity index is 1.76. The average Bonchev–Trinajstić information content (AvgIpc) is 2.91. The molecule has 2 N–H and O–H groups in total. The van der Waals surface area contributed by atoms with Gasteiger partial charge in [-0.15, -0.1) is 11.3 Å². The van der Waals surface area contributed by atoms with Crippen molar-refractivity contribution in [3.63, 3.8) is 0 Å². The van der Waals surface area contributed by atoms with Crippen LogP contribution in [0.1, 0.15) is 36.6 Å². The van der Waals surface area contributed by atoms with Gasteiger partial charge < -0.3 is 5.73 Å². The van der Waals surface area contributed by atoms with Gasteiger partial charge in [0.1, 0.15) is 0 Å². The van der Waals surface area contributed by atoms with Crippen molar-refractivity contribution in [1.29, 1.82) is 0 Å². The molecule has 1 nitrogen and oxygen atoms in total. The zero-order valence-corrected chi connectivity index (χ0v) is 12.9. The molecular formula is C12H15Br2NS. The third-order valence-electron chi connectivity index (χ3n) is 4.13. The van der Waals surface area contributed by atoms with E-state index in [2.05, 4.69) is 37.9 Å². The van der Waals surface area contributed by atoms with Crippen molar-refractivity contribution in [2.24, 2.45) is 23.5 Å². The first kappa shape index (κ1) is 11.7. The van der Waals surface area contributed by atoms with Crippen LogP contribution in [-0.2, 0) is 0 Å². The number of thiophene rings is 1. The van der Waals surface area contributed by atoms with Gasteiger partial charge in [0.05, 0.1) is 3.79 Å². The summed E-state index contributed by atoms with van der Waals surface area (Å²) < 4.78 is 2.31. The summed E-state index contributed by atoms with van der Waals surface area (Å²) in [5.41, 5.74) is 6.41. The van der Waals surface area contributed by atoms with Gasteiger partial charge in [-0.2, -0.15) is 0 Å². The Labute approximate surface area is 117 Å². The predicted molar refractivity (Wildman–Crippen MR) is 75.6 cm³/mol. The molecule has 0 aliphatic heterocycles. The van der Waals surface area contributed by atoms with Crippen LogP contribution in [0.3, 0.4) is 0 Å². The summed E-state index contributed by atoms with van der Waals surface area (Å²) in [4.78, 5) is 1.33. The lowest BCUT2D eigenvalue weighted by molar-refractivity contribution is 0.480. The largest absolute Gasteiger partial charge is 0.323 e. The Hall–Kier alpha value is 0.620. The van der Waals surface area contributed by atoms with Crippen LogP contribution < -0.4 is 5.73 Å². The second-order valence-electron chi connectivity index (χ2n) is 4.99. The minimum Gasteiger partial charge on any atom is -0.323 e. The Morgan fingerprint density at radius 2 is 1.88 bits per heavy atom. The minimum atomic E-state index is 0.265. The number of halogens is 2. The monoisotopic (exact) mass is 363 g/mol. The predicted octanol–water partition coefficient (Wildman–Crippen LogP) is 4.71. The molecule has 1 aromatic heterocycles. The summed E-state index contributed by atoms with van der Waals surface area (Å²) in [5.74, 6) is 2.63. The lowest BCUT2D eigenvalue weighted by Gasteiger charge is -2.08. The van der Waals surface area contributed by atoms with Crippen LogP contribution >= 0.6 is 43.2 Å². The van der Waals surface area contributed by atoms with E-state index in [-0.39, 0.29) is 6.04 Å². The third kappa shape index (κ3) is 1.92. The van der Waals surface area contributed by atoms with E-state index in [0.29, 0.717) is 0 Å². The second kappa shape index (κ2) is 4.38. The lowest BCUT2D eigenvalue weighted by atomic mass is 10.0. The van der Waals surface area contributed by atoms with Gasteiger partial charge in [0.25, 0.3) is 0 Å². The van der Waals surface area contributed by atoms with Gasteiger partial charge >= 0.3 is 0 Å². The molecule has 0 amide bonds. The summed E-state index contributed by atoms with van der Waals surface area (Å²) in [6.07, 6.45) is 5.66. The van der Waals surface area contributed by atoms with Gasteiger partial charge in [-0.05, 0) is 68.5 Å². The zero-order chi connectivity index (χ0) is 11.3. The second-order valence-corrected chi connectivity index (χ2v) is 8.24. The molecule has 2 aliphatic rings. The Kier molecular flexibility index (Phi) is 3.20. The molecule has 16 heavy (non-hydrogen) atoms. The number of fused-ring (bicyclic) bond motifs is 1. The first-order valence-corrected chi connectivity index (χ1v) is 8.29. The molecule has 3 unspecified atom stereocenters. The van der Waals surface area contributed by atoms with Crippen molar-refractivity contribution in [1.82, 2.24) is 0 Å². The standard InChI is InChI=1S/C12H15Br2NS/c13-8-5-9(16-12(8)14)11(15)10-6-3-1-2-4-7(6)10/h5-7,10-11H,1-4,15H2. The van der Waals surface area contributed by atoms with Gasteiger partial charge in [0.15, 0.2) is 0 Å². The van der Waals surface area contributed by atoms with E-state index in [0.717, 1.165) is 22.2 Å². The smallest absolute Gasteiger partial charge is 0.0843 e. The maximum absolute atomic E-state index is 6.41. The topological polar surface area (TPSA) is 26.0 Å². The van der Waals surface area contributed by atoms with E-state index in [1.807, 2.05) is 0 Å². The maximum Gasteiger partial charge on any atom is 0.0843 e. The van der Waals surface area contributed by atoms with Gasteiger partial charge in [-0.25, -0.2) is 0 Å². The average molecular weight is 365 g/mol. The molecule has 0 aromatic carbocycles. The number of hydrogen-bond donors (Lipinski definition) is 1. The van der Waals surface area contributed by atoms with E-state index in [1.54, 1.807) is 11.3 Å². The highest BCUT2D eigenvalue weighted by atomic mass is 79.9. The summed E-state index contributed by atoms with van der Waals surface area (Å²) in [6, 6.07) is 2.45. The summed E-state index contributed by atoms with van der Waals surface area (Å²) in [5, 5.41) is 0. The summed E-state index contributed by atoms with van der Waals surface area (Å²) in [6.45, 7) is 0. The van der Waals surface area contributed by atoms with E-state index < -0.39 is 0 Å². The summed E-state index contributed by atoms with van der Waals surface area (Å²) in [7, 11) is 0. The highest BCUT2D eigenvalue weighted by Gasteiger charge is 2.53. The fourth-order valence-electron chi connectivity index (χ4n) is 3.30. The molecule has 4 heteroatoms. The highest BCUT2D eigenvalue weighted by molar-refractivity contribution is 9.13. The minimum absolute atomic E-state index is 0.265. The molecule has 1 heterocycles. The fourth-order valence-corrected chi connectivity index (χ4v) is 5.45. The molecule has 88 valence electrons. The fraction of sp³-hybridized carbons (Fsp3) is 0.667. The Bertz CT molecular complexity index is 372. The lowest BCUT2D eigenvalue weighted by Crippen LogP contribution is -2.12. The van der Waals surface area contributed by atoms with Gasteiger partial charge in [-0.1, -0.05) is 12.8 Å². The van der Waals surface area contributed by atoms with E-state index >= 15 is 0 Å². The van der Waals surface area contributed by atoms with Crippen LogP contribution in [0, 0.1) is 17.8 Å². The molecule has 0 radical (unpaired) electrons. The quantitative estimate of drug-likeness (QED) is 0.807. The number of rotatable bonds is 2. The van der Waals surface area contributed by atoms with E-state index in [9.17, 15) is 0 Å². The molecule has 3 atom stereocenters. The SMILES string of the molecule is NC(c1cc(Br)c(Br)s1)C1C2CCCCC21. The van der Waals surface area contributed by atoms with Crippen molar-refractivity contribution in [2.45, 2.75) is 31.7 Å². The molecule has 2 aliphatic carbocycles. The molecule has 0 spiro atoms. The van der Waals surface area contributed by atoms with Crippen molar-refractivity contribution in [3.8, 4) is 0 Å². The summed E-state index contributed by atoms with van der Waals surface area (Å²) >= 11 is 8.87. The van der Waals surface area contributed by atoms with Crippen LogP contribution in [0.4, 0.5) is 0 Å². The highest BCUT2D eigenvalue weighted by Crippen LogP contribution is 2.60. The number of hydrogen-bond acceptors (Lipinski definition) is 2. The molecular weight excluding hydrogens is 350 g/mol. The van der Waals surface area contributed by atoms with E-state index in [1.165, 1.54) is 34.3 Å². The first-order chi connectivity index (χ1) is 7.68. The number of nitrogens with two attached hydrogens (primary N) is 1. The molecule has 3 rings (SSSR count). The molecule has 0 saturated heterocycles. The Morgan fingerprint density at radius 3 is 2.38 bits per heavy atom. The normalized spacial score (nSPS) is 34.6. The molecule has 2 saturated carbocycles.